The van der Waals surface area contributed by atoms with Crippen LogP contribution in [0.4, 0.5) is 0 Å². The maximum absolute atomic E-state index is 3.67. The van der Waals surface area contributed by atoms with E-state index in [0.717, 1.165) is 6.42 Å². The molecule has 1 atom stereocenters. The van der Waals surface area contributed by atoms with Crippen LogP contribution in [0.5, 0.6) is 0 Å². The van der Waals surface area contributed by atoms with Crippen LogP contribution in [0.2, 0.25) is 0 Å². The lowest BCUT2D eigenvalue weighted by atomic mass is 10.5. The van der Waals surface area contributed by atoms with Gasteiger partial charge in [0, 0.05) is 11.0 Å². The number of hydrogen-bond acceptors (Lipinski definition) is 1. The Labute approximate surface area is 56.4 Å². The topological polar surface area (TPSA) is 0 Å². The summed E-state index contributed by atoms with van der Waals surface area (Å²) in [5.41, 5.74) is 0. The smallest absolute Gasteiger partial charge is 0.0199 e. The minimum absolute atomic E-state index is 0.579. The van der Waals surface area contributed by atoms with Crippen molar-refractivity contribution in [2.24, 2.45) is 0 Å². The first kappa shape index (κ1) is 8.09. The average Bonchev–Trinajstić information content (AvgIpc) is 1.83. The van der Waals surface area contributed by atoms with E-state index in [0.29, 0.717) is 5.25 Å². The molecule has 0 rings (SSSR count). The molecule has 0 aromatic carbocycles. The van der Waals surface area contributed by atoms with Gasteiger partial charge in [-0.05, 0) is 13.3 Å². The van der Waals surface area contributed by atoms with Gasteiger partial charge in [-0.3, -0.25) is 0 Å². The van der Waals surface area contributed by atoms with Crippen molar-refractivity contribution >= 4 is 11.8 Å². The van der Waals surface area contributed by atoms with Crippen LogP contribution in [0.15, 0.2) is 12.7 Å². The molecule has 1 unspecified atom stereocenters. The molecule has 0 spiro atoms. The van der Waals surface area contributed by atoms with Crippen molar-refractivity contribution in [2.45, 2.75) is 25.5 Å². The lowest BCUT2D eigenvalue weighted by Gasteiger charge is -2.00. The fourth-order valence-corrected chi connectivity index (χ4v) is 0.911. The highest BCUT2D eigenvalue weighted by atomic mass is 32.2. The van der Waals surface area contributed by atoms with E-state index in [4.69, 9.17) is 0 Å². The van der Waals surface area contributed by atoms with E-state index in [1.54, 1.807) is 0 Å². The zero-order valence-electron chi connectivity index (χ0n) is 5.55. The van der Waals surface area contributed by atoms with Gasteiger partial charge in [0.1, 0.15) is 0 Å². The van der Waals surface area contributed by atoms with Crippen molar-refractivity contribution < 1.29 is 0 Å². The van der Waals surface area contributed by atoms with Gasteiger partial charge in [0.05, 0.1) is 0 Å². The van der Waals surface area contributed by atoms with Crippen molar-refractivity contribution in [1.82, 2.24) is 0 Å². The molecule has 0 aromatic heterocycles. The predicted molar refractivity (Wildman–Crippen MR) is 41.8 cm³/mol. The second kappa shape index (κ2) is 5.23. The van der Waals surface area contributed by atoms with E-state index in [2.05, 4.69) is 26.2 Å². The predicted octanol–water partition coefficient (Wildman–Crippen LogP) is 2.87. The van der Waals surface area contributed by atoms with Crippen molar-refractivity contribution in [2.75, 3.05) is 0 Å². The normalized spacial score (nSPS) is 13.2. The monoisotopic (exact) mass is 129 g/mol. The minimum atomic E-state index is 0.579. The first-order valence-electron chi connectivity index (χ1n) is 2.91. The Morgan fingerprint density at radius 3 is 2.75 bits per heavy atom. The van der Waals surface area contributed by atoms with Crippen LogP contribution in [0.3, 0.4) is 0 Å². The van der Waals surface area contributed by atoms with Gasteiger partial charge in [0.25, 0.3) is 0 Å². The molecule has 1 radical (unpaired) electrons. The van der Waals surface area contributed by atoms with E-state index in [-0.39, 0.29) is 0 Å². The zero-order valence-corrected chi connectivity index (χ0v) is 6.37. The van der Waals surface area contributed by atoms with Gasteiger partial charge >= 0.3 is 0 Å². The number of thioether (sulfide) groups is 1. The largest absolute Gasteiger partial charge is 0.150 e. The first-order chi connectivity index (χ1) is 3.81. The molecule has 0 saturated heterocycles. The van der Waals surface area contributed by atoms with Crippen LogP contribution in [0, 0.1) is 5.75 Å². The van der Waals surface area contributed by atoms with Crippen molar-refractivity contribution in [3.63, 3.8) is 0 Å². The van der Waals surface area contributed by atoms with Crippen LogP contribution in [-0.4, -0.2) is 5.25 Å². The van der Waals surface area contributed by atoms with Crippen LogP contribution in [-0.2, 0) is 0 Å². The highest BCUT2D eigenvalue weighted by Gasteiger charge is 1.92. The molecule has 0 nitrogen and oxygen atoms in total. The van der Waals surface area contributed by atoms with E-state index in [9.17, 15) is 0 Å². The third-order valence-corrected chi connectivity index (χ3v) is 1.96. The highest BCUT2D eigenvalue weighted by molar-refractivity contribution is 8.01. The van der Waals surface area contributed by atoms with Crippen molar-refractivity contribution in [3.8, 4) is 0 Å². The molecule has 0 aliphatic carbocycles. The van der Waals surface area contributed by atoms with Crippen LogP contribution in [0.25, 0.3) is 0 Å². The third kappa shape index (κ3) is 4.25. The zero-order chi connectivity index (χ0) is 6.41. The molecular formula is C7H13S. The second-order valence-electron chi connectivity index (χ2n) is 1.65. The van der Waals surface area contributed by atoms with E-state index < -0.39 is 0 Å². The summed E-state index contributed by atoms with van der Waals surface area (Å²) in [6, 6.07) is 0. The summed E-state index contributed by atoms with van der Waals surface area (Å²) in [7, 11) is 0. The SMILES string of the molecule is C=CC(C)S[CH]CC. The molecule has 8 heavy (non-hydrogen) atoms. The summed E-state index contributed by atoms with van der Waals surface area (Å²) in [4.78, 5) is 0. The van der Waals surface area contributed by atoms with Gasteiger partial charge < -0.3 is 0 Å². The van der Waals surface area contributed by atoms with E-state index in [1.807, 2.05) is 17.8 Å². The number of hydrogen-bond donors (Lipinski definition) is 0. The van der Waals surface area contributed by atoms with Crippen molar-refractivity contribution in [3.05, 3.63) is 18.4 Å². The summed E-state index contributed by atoms with van der Waals surface area (Å²) >= 11 is 1.83. The summed E-state index contributed by atoms with van der Waals surface area (Å²) in [6.45, 7) is 7.96. The Morgan fingerprint density at radius 2 is 2.38 bits per heavy atom. The lowest BCUT2D eigenvalue weighted by molar-refractivity contribution is 1.18. The highest BCUT2D eigenvalue weighted by Crippen LogP contribution is 2.15. The Kier molecular flexibility index (Phi) is 5.29. The first-order valence-corrected chi connectivity index (χ1v) is 3.85. The Morgan fingerprint density at radius 1 is 1.75 bits per heavy atom. The summed E-state index contributed by atoms with van der Waals surface area (Å²) < 4.78 is 0. The molecule has 0 aliphatic rings. The molecule has 0 bridgehead atoms. The van der Waals surface area contributed by atoms with Gasteiger partial charge in [-0.15, -0.1) is 6.58 Å². The molecule has 0 N–H and O–H groups in total. The van der Waals surface area contributed by atoms with Gasteiger partial charge in [-0.2, -0.15) is 11.8 Å². The molecule has 1 heteroatoms. The van der Waals surface area contributed by atoms with E-state index in [1.165, 1.54) is 0 Å². The Bertz CT molecular complexity index is 59.4. The van der Waals surface area contributed by atoms with Gasteiger partial charge in [-0.1, -0.05) is 13.0 Å². The second-order valence-corrected chi connectivity index (χ2v) is 3.00. The maximum Gasteiger partial charge on any atom is 0.0199 e. The number of rotatable bonds is 4. The fourth-order valence-electron chi connectivity index (χ4n) is 0.304. The molecule has 0 fully saturated rings. The molecular weight excluding hydrogens is 116 g/mol. The van der Waals surface area contributed by atoms with E-state index >= 15 is 0 Å². The average molecular weight is 129 g/mol. The van der Waals surface area contributed by atoms with Gasteiger partial charge in [-0.25, -0.2) is 0 Å². The maximum atomic E-state index is 3.67. The molecule has 0 aromatic rings. The van der Waals surface area contributed by atoms with Gasteiger partial charge in [0.15, 0.2) is 0 Å². The molecule has 47 valence electrons. The van der Waals surface area contributed by atoms with Crippen LogP contribution < -0.4 is 0 Å². The molecule has 0 aliphatic heterocycles. The van der Waals surface area contributed by atoms with Gasteiger partial charge in [0.2, 0.25) is 0 Å². The quantitative estimate of drug-likeness (QED) is 0.526. The van der Waals surface area contributed by atoms with Crippen LogP contribution in [0.1, 0.15) is 20.3 Å². The third-order valence-electron chi connectivity index (χ3n) is 0.809. The fraction of sp³-hybridized carbons (Fsp3) is 0.571. The lowest BCUT2D eigenvalue weighted by Crippen LogP contribution is -1.85. The Balaban J connectivity index is 2.98. The summed E-state index contributed by atoms with van der Waals surface area (Å²) in [6.07, 6.45) is 3.10. The van der Waals surface area contributed by atoms with Crippen LogP contribution >= 0.6 is 11.8 Å². The minimum Gasteiger partial charge on any atom is -0.150 e. The molecule has 0 heterocycles. The summed E-state index contributed by atoms with van der Waals surface area (Å²) in [5, 5.41) is 0.579. The molecule has 0 saturated carbocycles. The summed E-state index contributed by atoms with van der Waals surface area (Å²) in [5.74, 6) is 2.20. The van der Waals surface area contributed by atoms with Crippen molar-refractivity contribution in [1.29, 1.82) is 0 Å². The molecule has 0 amide bonds. The Hall–Kier alpha value is 0.0900. The standard InChI is InChI=1S/C7H13S/c1-4-6-8-7(3)5-2/h5-7H,2,4H2,1,3H3.